The van der Waals surface area contributed by atoms with E-state index in [1.165, 1.54) is 0 Å². The van der Waals surface area contributed by atoms with Gasteiger partial charge in [-0.2, -0.15) is 0 Å². The number of nitrogens with two attached hydrogens (primary N) is 1. The van der Waals surface area contributed by atoms with E-state index >= 15 is 0 Å². The summed E-state index contributed by atoms with van der Waals surface area (Å²) in [6.07, 6.45) is 2.03. The van der Waals surface area contributed by atoms with E-state index in [0.29, 0.717) is 11.0 Å². The SMILES string of the molecule is NC(=S)N1CCC(CC(=O)O)CC1. The maximum absolute atomic E-state index is 10.4. The van der Waals surface area contributed by atoms with Crippen LogP contribution in [0.3, 0.4) is 0 Å². The van der Waals surface area contributed by atoms with E-state index in [9.17, 15) is 4.79 Å². The van der Waals surface area contributed by atoms with Crippen molar-refractivity contribution in [2.75, 3.05) is 13.1 Å². The molecule has 0 spiro atoms. The van der Waals surface area contributed by atoms with Gasteiger partial charge in [-0.3, -0.25) is 4.79 Å². The number of nitrogens with zero attached hydrogens (tertiary/aromatic N) is 1. The number of carboxylic acid groups (broad SMARTS) is 1. The van der Waals surface area contributed by atoms with Crippen LogP contribution in [0, 0.1) is 5.92 Å². The number of carboxylic acids is 1. The Morgan fingerprint density at radius 3 is 2.46 bits per heavy atom. The van der Waals surface area contributed by atoms with Crippen molar-refractivity contribution in [1.82, 2.24) is 4.90 Å². The Morgan fingerprint density at radius 1 is 1.54 bits per heavy atom. The molecule has 5 heteroatoms. The summed E-state index contributed by atoms with van der Waals surface area (Å²) < 4.78 is 0. The molecule has 1 rings (SSSR count). The quantitative estimate of drug-likeness (QED) is 0.635. The van der Waals surface area contributed by atoms with Crippen molar-refractivity contribution in [3.05, 3.63) is 0 Å². The summed E-state index contributed by atoms with van der Waals surface area (Å²) in [4.78, 5) is 12.3. The van der Waals surface area contributed by atoms with E-state index in [1.54, 1.807) is 0 Å². The fourth-order valence-electron chi connectivity index (χ4n) is 1.60. The van der Waals surface area contributed by atoms with E-state index in [0.717, 1.165) is 25.9 Å². The van der Waals surface area contributed by atoms with Crippen LogP contribution in [0.2, 0.25) is 0 Å². The van der Waals surface area contributed by atoms with Crippen molar-refractivity contribution in [3.63, 3.8) is 0 Å². The largest absolute Gasteiger partial charge is 0.481 e. The first-order valence-electron chi connectivity index (χ1n) is 4.35. The third kappa shape index (κ3) is 3.18. The monoisotopic (exact) mass is 202 g/mol. The molecular formula is C8H14N2O2S. The summed E-state index contributed by atoms with van der Waals surface area (Å²) in [6.45, 7) is 1.60. The van der Waals surface area contributed by atoms with Crippen molar-refractivity contribution >= 4 is 23.3 Å². The molecular weight excluding hydrogens is 188 g/mol. The van der Waals surface area contributed by atoms with Crippen LogP contribution < -0.4 is 5.73 Å². The van der Waals surface area contributed by atoms with E-state index < -0.39 is 5.97 Å². The van der Waals surface area contributed by atoms with Crippen LogP contribution in [-0.2, 0) is 4.79 Å². The lowest BCUT2D eigenvalue weighted by atomic mass is 9.94. The number of hydrogen-bond donors (Lipinski definition) is 2. The van der Waals surface area contributed by atoms with Gasteiger partial charge in [-0.25, -0.2) is 0 Å². The van der Waals surface area contributed by atoms with Crippen LogP contribution in [-0.4, -0.2) is 34.2 Å². The van der Waals surface area contributed by atoms with Gasteiger partial charge in [0, 0.05) is 19.5 Å². The first kappa shape index (κ1) is 10.2. The molecule has 1 heterocycles. The predicted molar refractivity (Wildman–Crippen MR) is 53.3 cm³/mol. The molecule has 0 aliphatic carbocycles. The molecule has 0 aromatic carbocycles. The van der Waals surface area contributed by atoms with Gasteiger partial charge in [0.05, 0.1) is 0 Å². The van der Waals surface area contributed by atoms with E-state index in [4.69, 9.17) is 23.1 Å². The Bertz CT molecular complexity index is 212. The number of aliphatic carboxylic acids is 1. The van der Waals surface area contributed by atoms with Crippen LogP contribution in [0.1, 0.15) is 19.3 Å². The number of carbonyl (C=O) groups is 1. The van der Waals surface area contributed by atoms with E-state index in [-0.39, 0.29) is 6.42 Å². The third-order valence-electron chi connectivity index (χ3n) is 2.39. The number of piperidine rings is 1. The maximum Gasteiger partial charge on any atom is 0.303 e. The van der Waals surface area contributed by atoms with Gasteiger partial charge in [0.2, 0.25) is 0 Å². The Balaban J connectivity index is 2.30. The highest BCUT2D eigenvalue weighted by molar-refractivity contribution is 7.80. The van der Waals surface area contributed by atoms with Crippen molar-refractivity contribution in [3.8, 4) is 0 Å². The second-order valence-electron chi connectivity index (χ2n) is 3.37. The van der Waals surface area contributed by atoms with Crippen LogP contribution >= 0.6 is 12.2 Å². The van der Waals surface area contributed by atoms with E-state index in [1.807, 2.05) is 4.90 Å². The molecule has 1 aliphatic heterocycles. The molecule has 1 aliphatic rings. The first-order chi connectivity index (χ1) is 6.09. The molecule has 1 saturated heterocycles. The Labute approximate surface area is 82.7 Å². The van der Waals surface area contributed by atoms with Crippen LogP contribution in [0.25, 0.3) is 0 Å². The van der Waals surface area contributed by atoms with Gasteiger partial charge in [-0.1, -0.05) is 0 Å². The molecule has 0 unspecified atom stereocenters. The lowest BCUT2D eigenvalue weighted by Crippen LogP contribution is -2.41. The van der Waals surface area contributed by atoms with Gasteiger partial charge >= 0.3 is 5.97 Å². The fraction of sp³-hybridized carbons (Fsp3) is 0.750. The topological polar surface area (TPSA) is 66.6 Å². The predicted octanol–water partition coefficient (Wildman–Crippen LogP) is 0.417. The van der Waals surface area contributed by atoms with Crippen molar-refractivity contribution in [1.29, 1.82) is 0 Å². The zero-order valence-electron chi connectivity index (χ0n) is 7.40. The summed E-state index contributed by atoms with van der Waals surface area (Å²) in [5.41, 5.74) is 5.45. The Kier molecular flexibility index (Phi) is 3.48. The smallest absolute Gasteiger partial charge is 0.303 e. The zero-order valence-corrected chi connectivity index (χ0v) is 8.22. The molecule has 0 amide bonds. The van der Waals surface area contributed by atoms with Crippen LogP contribution in [0.15, 0.2) is 0 Å². The molecule has 0 atom stereocenters. The Morgan fingerprint density at radius 2 is 2.08 bits per heavy atom. The minimum atomic E-state index is -0.714. The average molecular weight is 202 g/mol. The van der Waals surface area contributed by atoms with Gasteiger partial charge in [-0.05, 0) is 31.0 Å². The standard InChI is InChI=1S/C8H14N2O2S/c9-8(13)10-3-1-6(2-4-10)5-7(11)12/h6H,1-5H2,(H2,9,13)(H,11,12). The third-order valence-corrected chi connectivity index (χ3v) is 2.65. The number of hydrogen-bond acceptors (Lipinski definition) is 2. The summed E-state index contributed by atoms with van der Waals surface area (Å²) in [5, 5.41) is 9.00. The molecule has 0 radical (unpaired) electrons. The number of thiocarbonyl (C=S) groups is 1. The van der Waals surface area contributed by atoms with Crippen LogP contribution in [0.4, 0.5) is 0 Å². The highest BCUT2D eigenvalue weighted by Crippen LogP contribution is 2.19. The summed E-state index contributed by atoms with van der Waals surface area (Å²) >= 11 is 4.83. The second-order valence-corrected chi connectivity index (χ2v) is 3.78. The Hall–Kier alpha value is -0.840. The number of rotatable bonds is 2. The molecule has 4 nitrogen and oxygen atoms in total. The van der Waals surface area contributed by atoms with Gasteiger partial charge in [0.25, 0.3) is 0 Å². The molecule has 13 heavy (non-hydrogen) atoms. The zero-order chi connectivity index (χ0) is 9.84. The van der Waals surface area contributed by atoms with Crippen LogP contribution in [0.5, 0.6) is 0 Å². The normalized spacial score (nSPS) is 18.6. The van der Waals surface area contributed by atoms with Crippen molar-refractivity contribution < 1.29 is 9.90 Å². The maximum atomic E-state index is 10.4. The minimum Gasteiger partial charge on any atom is -0.481 e. The van der Waals surface area contributed by atoms with E-state index in [2.05, 4.69) is 0 Å². The van der Waals surface area contributed by atoms with Gasteiger partial charge in [0.1, 0.15) is 0 Å². The van der Waals surface area contributed by atoms with Gasteiger partial charge in [-0.15, -0.1) is 0 Å². The van der Waals surface area contributed by atoms with Gasteiger partial charge in [0.15, 0.2) is 5.11 Å². The van der Waals surface area contributed by atoms with Crippen molar-refractivity contribution in [2.24, 2.45) is 11.7 Å². The summed E-state index contributed by atoms with van der Waals surface area (Å²) in [6, 6.07) is 0. The highest BCUT2D eigenvalue weighted by atomic mass is 32.1. The molecule has 0 aromatic heterocycles. The highest BCUT2D eigenvalue weighted by Gasteiger charge is 2.21. The molecule has 0 saturated carbocycles. The first-order valence-corrected chi connectivity index (χ1v) is 4.76. The fourth-order valence-corrected chi connectivity index (χ4v) is 1.79. The lowest BCUT2D eigenvalue weighted by molar-refractivity contribution is -0.138. The number of likely N-dealkylation sites (tertiary alicyclic amines) is 1. The lowest BCUT2D eigenvalue weighted by Gasteiger charge is -2.31. The second kappa shape index (κ2) is 4.41. The van der Waals surface area contributed by atoms with Crippen molar-refractivity contribution in [2.45, 2.75) is 19.3 Å². The molecule has 0 bridgehead atoms. The van der Waals surface area contributed by atoms with Gasteiger partial charge < -0.3 is 15.7 Å². The summed E-state index contributed by atoms with van der Waals surface area (Å²) in [7, 11) is 0. The minimum absolute atomic E-state index is 0.269. The molecule has 0 aromatic rings. The summed E-state index contributed by atoms with van der Waals surface area (Å²) in [5.74, 6) is -0.420. The molecule has 1 fully saturated rings. The molecule has 3 N–H and O–H groups in total. The molecule has 74 valence electrons. The average Bonchev–Trinajstić information content (AvgIpc) is 2.04.